The summed E-state index contributed by atoms with van der Waals surface area (Å²) in [6.07, 6.45) is 1.37. The molecule has 3 aromatic rings. The van der Waals surface area contributed by atoms with Crippen molar-refractivity contribution in [2.75, 3.05) is 10.6 Å². The van der Waals surface area contributed by atoms with Crippen molar-refractivity contribution in [2.45, 2.75) is 32.4 Å². The summed E-state index contributed by atoms with van der Waals surface area (Å²) in [5.41, 5.74) is 10.4. The van der Waals surface area contributed by atoms with E-state index in [4.69, 9.17) is 15.9 Å². The minimum atomic E-state index is -1.26. The molecule has 0 saturated heterocycles. The van der Waals surface area contributed by atoms with E-state index in [0.29, 0.717) is 11.5 Å². The molecule has 32 heavy (non-hydrogen) atoms. The van der Waals surface area contributed by atoms with E-state index in [9.17, 15) is 18.8 Å². The van der Waals surface area contributed by atoms with Crippen LogP contribution in [0.5, 0.6) is 0 Å². The third kappa shape index (κ3) is 4.78. The van der Waals surface area contributed by atoms with E-state index in [-0.39, 0.29) is 27.7 Å². The molecular formula is C21H22FN5O4S. The third-order valence-electron chi connectivity index (χ3n) is 4.30. The number of amides is 3. The number of hydrogen-bond donors (Lipinski definition) is 3. The fourth-order valence-electron chi connectivity index (χ4n) is 2.98. The van der Waals surface area contributed by atoms with Crippen molar-refractivity contribution in [3.8, 4) is 0 Å². The summed E-state index contributed by atoms with van der Waals surface area (Å²) in [4.78, 5) is 39.5. The second kappa shape index (κ2) is 8.79. The number of anilines is 2. The van der Waals surface area contributed by atoms with Gasteiger partial charge in [0.1, 0.15) is 16.5 Å². The van der Waals surface area contributed by atoms with Crippen LogP contribution in [0.2, 0.25) is 0 Å². The van der Waals surface area contributed by atoms with Crippen LogP contribution in [0.3, 0.4) is 0 Å². The quantitative estimate of drug-likeness (QED) is 0.517. The van der Waals surface area contributed by atoms with Gasteiger partial charge >= 0.3 is 0 Å². The van der Waals surface area contributed by atoms with E-state index in [0.717, 1.165) is 17.0 Å². The van der Waals surface area contributed by atoms with Crippen LogP contribution in [0.15, 0.2) is 47.1 Å². The predicted molar refractivity (Wildman–Crippen MR) is 118 cm³/mol. The average Bonchev–Trinajstić information content (AvgIpc) is 3.34. The monoisotopic (exact) mass is 459 g/mol. The molecule has 0 aliphatic carbocycles. The summed E-state index contributed by atoms with van der Waals surface area (Å²) in [5.74, 6) is -2.52. The van der Waals surface area contributed by atoms with Crippen molar-refractivity contribution < 1.29 is 23.2 Å². The van der Waals surface area contributed by atoms with Gasteiger partial charge in [0.25, 0.3) is 17.7 Å². The zero-order valence-corrected chi connectivity index (χ0v) is 18.4. The van der Waals surface area contributed by atoms with Gasteiger partial charge < -0.3 is 21.2 Å². The van der Waals surface area contributed by atoms with Gasteiger partial charge in [-0.05, 0) is 68.7 Å². The van der Waals surface area contributed by atoms with Crippen molar-refractivity contribution >= 4 is 40.6 Å². The molecule has 3 rings (SSSR count). The normalized spacial score (nSPS) is 12.2. The van der Waals surface area contributed by atoms with E-state index in [1.807, 2.05) is 0 Å². The first-order valence-corrected chi connectivity index (χ1v) is 10.3. The molecule has 0 radical (unpaired) electrons. The predicted octanol–water partition coefficient (Wildman–Crippen LogP) is 2.86. The molecule has 0 aliphatic heterocycles. The van der Waals surface area contributed by atoms with Gasteiger partial charge in [-0.2, -0.15) is 4.37 Å². The number of nitrogens with two attached hydrogens (primary N) is 2. The summed E-state index contributed by atoms with van der Waals surface area (Å²) in [5, 5.41) is 2.83. The molecule has 9 nitrogen and oxygen atoms in total. The number of benzene rings is 1. The lowest BCUT2D eigenvalue weighted by Crippen LogP contribution is -2.49. The largest absolute Gasteiger partial charge is 0.467 e. The maximum atomic E-state index is 13.6. The molecule has 0 saturated carbocycles. The van der Waals surface area contributed by atoms with E-state index < -0.39 is 35.1 Å². The molecule has 1 atom stereocenters. The highest BCUT2D eigenvalue weighted by atomic mass is 32.1. The van der Waals surface area contributed by atoms with Crippen molar-refractivity contribution in [1.82, 2.24) is 9.69 Å². The Kier molecular flexibility index (Phi) is 6.30. The Hall–Kier alpha value is -3.73. The Morgan fingerprint density at radius 3 is 2.34 bits per heavy atom. The van der Waals surface area contributed by atoms with Gasteiger partial charge in [0, 0.05) is 11.2 Å². The lowest BCUT2D eigenvalue weighted by atomic mass is 10.1. The fourth-order valence-corrected chi connectivity index (χ4v) is 3.72. The molecule has 2 heterocycles. The Bertz CT molecular complexity index is 1140. The first-order valence-electron chi connectivity index (χ1n) is 9.49. The molecule has 168 valence electrons. The summed E-state index contributed by atoms with van der Waals surface area (Å²) >= 11 is 0.675. The number of hydrogen-bond acceptors (Lipinski definition) is 7. The number of rotatable bonds is 6. The van der Waals surface area contributed by atoms with E-state index in [1.54, 1.807) is 32.9 Å². The summed E-state index contributed by atoms with van der Waals surface area (Å²) in [7, 11) is 0. The van der Waals surface area contributed by atoms with Crippen molar-refractivity contribution in [3.63, 3.8) is 0 Å². The molecule has 0 spiro atoms. The van der Waals surface area contributed by atoms with Gasteiger partial charge in [-0.1, -0.05) is 0 Å². The van der Waals surface area contributed by atoms with Crippen LogP contribution in [0, 0.1) is 5.82 Å². The minimum absolute atomic E-state index is 0.0942. The van der Waals surface area contributed by atoms with Gasteiger partial charge in [0.2, 0.25) is 0 Å². The maximum absolute atomic E-state index is 13.6. The molecule has 3 amide bonds. The highest BCUT2D eigenvalue weighted by Crippen LogP contribution is 2.33. The number of primary amides is 1. The zero-order chi connectivity index (χ0) is 23.6. The van der Waals surface area contributed by atoms with Gasteiger partial charge in [0.05, 0.1) is 12.0 Å². The highest BCUT2D eigenvalue weighted by Gasteiger charge is 2.38. The lowest BCUT2D eigenvalue weighted by Gasteiger charge is -2.32. The number of nitrogens with zero attached hydrogens (tertiary/aromatic N) is 2. The van der Waals surface area contributed by atoms with Crippen molar-refractivity contribution in [1.29, 1.82) is 0 Å². The molecule has 11 heteroatoms. The summed E-state index contributed by atoms with van der Waals surface area (Å²) < 4.78 is 22.9. The second-order valence-corrected chi connectivity index (χ2v) is 8.72. The van der Waals surface area contributed by atoms with E-state index >= 15 is 0 Å². The fraction of sp³-hybridized carbons (Fsp3) is 0.238. The van der Waals surface area contributed by atoms with Crippen LogP contribution in [0.4, 0.5) is 15.8 Å². The van der Waals surface area contributed by atoms with E-state index in [2.05, 4.69) is 9.69 Å². The van der Waals surface area contributed by atoms with E-state index in [1.165, 1.54) is 18.4 Å². The zero-order valence-electron chi connectivity index (χ0n) is 17.6. The Morgan fingerprint density at radius 1 is 1.19 bits per heavy atom. The second-order valence-electron chi connectivity index (χ2n) is 7.95. The van der Waals surface area contributed by atoms with Gasteiger partial charge in [-0.3, -0.25) is 19.3 Å². The van der Waals surface area contributed by atoms with Crippen molar-refractivity contribution in [3.05, 3.63) is 64.8 Å². The number of carbonyl (C=O) groups is 3. The molecule has 1 aromatic carbocycles. The number of aromatic nitrogens is 1. The smallest absolute Gasteiger partial charge is 0.273 e. The number of halogens is 1. The molecule has 0 unspecified atom stereocenters. The van der Waals surface area contributed by atoms with Gasteiger partial charge in [0.15, 0.2) is 11.7 Å². The van der Waals surface area contributed by atoms with Gasteiger partial charge in [-0.15, -0.1) is 0 Å². The van der Waals surface area contributed by atoms with Crippen molar-refractivity contribution in [2.24, 2.45) is 5.73 Å². The van der Waals surface area contributed by atoms with Crippen LogP contribution in [-0.2, 0) is 4.79 Å². The molecule has 0 bridgehead atoms. The molecule has 2 aromatic heterocycles. The van der Waals surface area contributed by atoms with Gasteiger partial charge in [-0.25, -0.2) is 4.39 Å². The van der Waals surface area contributed by atoms with Crippen LogP contribution in [-0.4, -0.2) is 27.6 Å². The van der Waals surface area contributed by atoms with Crippen LogP contribution in [0.1, 0.15) is 52.7 Å². The SMILES string of the molecule is CC(C)(C)NC(=O)[C@H](c1ccco1)N(C(=O)c1snc(C(N)=O)c1N)c1ccc(F)cc1. The first-order chi connectivity index (χ1) is 15.0. The summed E-state index contributed by atoms with van der Waals surface area (Å²) in [6, 6.07) is 6.86. The Labute approximate surface area is 187 Å². The molecule has 5 N–H and O–H groups in total. The molecule has 0 aliphatic rings. The third-order valence-corrected chi connectivity index (χ3v) is 5.15. The number of nitrogen functional groups attached to an aromatic ring is 1. The maximum Gasteiger partial charge on any atom is 0.273 e. The molecular weight excluding hydrogens is 437 g/mol. The topological polar surface area (TPSA) is 145 Å². The molecule has 0 fully saturated rings. The Balaban J connectivity index is 2.18. The lowest BCUT2D eigenvalue weighted by molar-refractivity contribution is -0.124. The van der Waals surface area contributed by atoms with Crippen LogP contribution < -0.4 is 21.7 Å². The standard InChI is InChI=1S/C21H22FN5O4S/c1-21(2,3)25-19(29)16(13-5-4-10-31-13)27(12-8-6-11(22)7-9-12)20(30)17-14(23)15(18(24)28)26-32-17/h4-10,16H,23H2,1-3H3,(H2,24,28)(H,25,29)/t16-/m0/s1. The summed E-state index contributed by atoms with van der Waals surface area (Å²) in [6.45, 7) is 5.36. The average molecular weight is 460 g/mol. The number of furan rings is 1. The first kappa shape index (κ1) is 22.9. The highest BCUT2D eigenvalue weighted by molar-refractivity contribution is 7.09. The minimum Gasteiger partial charge on any atom is -0.467 e. The number of nitrogens with one attached hydrogen (secondary N) is 1. The number of carbonyl (C=O) groups excluding carboxylic acids is 3. The Morgan fingerprint density at radius 2 is 1.84 bits per heavy atom. The van der Waals surface area contributed by atoms with Crippen LogP contribution in [0.25, 0.3) is 0 Å². The van der Waals surface area contributed by atoms with Crippen LogP contribution >= 0.6 is 11.5 Å².